The standard InChI is InChI=1S/C19H20F2N10O2/c1-29-10-13(27-28-29)22-17-24-18(30-6-8-33-9-7-30)26-19(25-17)31-11-4-3-5-12(32-2)14(11)23-16(31)15(20)21/h3-5,10,15H,6-9H2,1-2H3,(H,22,24,25,26). The number of methoxy groups -OCH3 is 1. The van der Waals surface area contributed by atoms with Crippen molar-refractivity contribution in [1.82, 2.24) is 39.5 Å². The summed E-state index contributed by atoms with van der Waals surface area (Å²) in [6.45, 7) is 2.10. The number of fused-ring (bicyclic) bond motifs is 1. The fourth-order valence-corrected chi connectivity index (χ4v) is 3.55. The second-order valence-corrected chi connectivity index (χ2v) is 7.20. The number of ether oxygens (including phenoxy) is 2. The molecule has 1 aliphatic heterocycles. The van der Waals surface area contributed by atoms with Gasteiger partial charge in [-0.05, 0) is 12.1 Å². The average molecular weight is 458 g/mol. The van der Waals surface area contributed by atoms with E-state index >= 15 is 0 Å². The maximum absolute atomic E-state index is 14.0. The second kappa shape index (κ2) is 8.54. The van der Waals surface area contributed by atoms with Gasteiger partial charge in [0, 0.05) is 20.1 Å². The van der Waals surface area contributed by atoms with Crippen LogP contribution in [0.5, 0.6) is 5.75 Å². The van der Waals surface area contributed by atoms with Crippen LogP contribution in [0.1, 0.15) is 12.2 Å². The molecule has 3 aromatic heterocycles. The molecule has 0 radical (unpaired) electrons. The molecule has 4 aromatic rings. The third kappa shape index (κ3) is 4.00. The lowest BCUT2D eigenvalue weighted by atomic mass is 10.3. The third-order valence-corrected chi connectivity index (χ3v) is 5.04. The number of alkyl halides is 2. The summed E-state index contributed by atoms with van der Waals surface area (Å²) in [5.41, 5.74) is 0.668. The quantitative estimate of drug-likeness (QED) is 0.458. The zero-order chi connectivity index (χ0) is 22.9. The molecule has 33 heavy (non-hydrogen) atoms. The zero-order valence-corrected chi connectivity index (χ0v) is 17.8. The number of imidazole rings is 1. The van der Waals surface area contributed by atoms with E-state index in [-0.39, 0.29) is 17.4 Å². The minimum Gasteiger partial charge on any atom is -0.494 e. The van der Waals surface area contributed by atoms with E-state index in [1.807, 2.05) is 4.90 Å². The molecule has 0 aliphatic carbocycles. The topological polar surface area (TPSA) is 121 Å². The first-order valence-electron chi connectivity index (χ1n) is 10.1. The number of morpholine rings is 1. The maximum Gasteiger partial charge on any atom is 0.296 e. The summed E-state index contributed by atoms with van der Waals surface area (Å²) in [6.07, 6.45) is -1.23. The summed E-state index contributed by atoms with van der Waals surface area (Å²) in [6, 6.07) is 5.00. The summed E-state index contributed by atoms with van der Waals surface area (Å²) in [5.74, 6) is 0.706. The minimum atomic E-state index is -2.87. The van der Waals surface area contributed by atoms with Gasteiger partial charge in [-0.2, -0.15) is 15.0 Å². The van der Waals surface area contributed by atoms with E-state index in [4.69, 9.17) is 9.47 Å². The Hall–Kier alpha value is -3.94. The van der Waals surface area contributed by atoms with Crippen molar-refractivity contribution in [2.75, 3.05) is 43.6 Å². The van der Waals surface area contributed by atoms with Crippen LogP contribution in [-0.4, -0.2) is 72.9 Å². The summed E-state index contributed by atoms with van der Waals surface area (Å²) >= 11 is 0. The summed E-state index contributed by atoms with van der Waals surface area (Å²) in [7, 11) is 3.17. The van der Waals surface area contributed by atoms with E-state index in [1.54, 1.807) is 31.4 Å². The fourth-order valence-electron chi connectivity index (χ4n) is 3.55. The molecule has 1 aliphatic rings. The van der Waals surface area contributed by atoms with Crippen LogP contribution in [-0.2, 0) is 11.8 Å². The Morgan fingerprint density at radius 1 is 1.09 bits per heavy atom. The van der Waals surface area contributed by atoms with Crippen molar-refractivity contribution in [3.05, 3.63) is 30.2 Å². The van der Waals surface area contributed by atoms with Crippen LogP contribution >= 0.6 is 0 Å². The second-order valence-electron chi connectivity index (χ2n) is 7.20. The monoisotopic (exact) mass is 458 g/mol. The normalized spacial score (nSPS) is 14.3. The fraction of sp³-hybridized carbons (Fsp3) is 0.368. The number of benzene rings is 1. The number of hydrogen-bond donors (Lipinski definition) is 1. The summed E-state index contributed by atoms with van der Waals surface area (Å²) in [5, 5.41) is 10.8. The van der Waals surface area contributed by atoms with Crippen LogP contribution in [0.3, 0.4) is 0 Å². The van der Waals surface area contributed by atoms with Crippen LogP contribution in [0.25, 0.3) is 17.0 Å². The molecular weight excluding hydrogens is 438 g/mol. The van der Waals surface area contributed by atoms with Crippen molar-refractivity contribution in [3.63, 3.8) is 0 Å². The lowest BCUT2D eigenvalue weighted by molar-refractivity contribution is 0.122. The van der Waals surface area contributed by atoms with Gasteiger partial charge < -0.3 is 19.7 Å². The van der Waals surface area contributed by atoms with Gasteiger partial charge in [-0.3, -0.25) is 9.25 Å². The highest BCUT2D eigenvalue weighted by Gasteiger charge is 2.25. The number of hydrogen-bond acceptors (Lipinski definition) is 10. The molecular formula is C19H20F2N10O2. The van der Waals surface area contributed by atoms with Crippen molar-refractivity contribution in [3.8, 4) is 11.7 Å². The van der Waals surface area contributed by atoms with E-state index in [0.717, 1.165) is 0 Å². The lowest BCUT2D eigenvalue weighted by Crippen LogP contribution is -2.37. The van der Waals surface area contributed by atoms with E-state index in [0.29, 0.717) is 49.3 Å². The number of anilines is 3. The highest BCUT2D eigenvalue weighted by molar-refractivity contribution is 5.84. The van der Waals surface area contributed by atoms with Gasteiger partial charge in [0.15, 0.2) is 11.6 Å². The Labute approximate surface area is 186 Å². The number of rotatable bonds is 6. The summed E-state index contributed by atoms with van der Waals surface area (Å²) in [4.78, 5) is 19.4. The summed E-state index contributed by atoms with van der Waals surface area (Å²) < 4.78 is 41.5. The maximum atomic E-state index is 14.0. The number of aryl methyl sites for hydroxylation is 1. The molecule has 1 aromatic carbocycles. The molecule has 5 rings (SSSR count). The van der Waals surface area contributed by atoms with Crippen LogP contribution in [0.2, 0.25) is 0 Å². The van der Waals surface area contributed by atoms with E-state index in [9.17, 15) is 8.78 Å². The first-order chi connectivity index (χ1) is 16.0. The third-order valence-electron chi connectivity index (χ3n) is 5.04. The Balaban J connectivity index is 1.69. The smallest absolute Gasteiger partial charge is 0.296 e. The zero-order valence-electron chi connectivity index (χ0n) is 17.8. The van der Waals surface area contributed by atoms with Gasteiger partial charge in [-0.15, -0.1) is 5.10 Å². The first-order valence-corrected chi connectivity index (χ1v) is 10.1. The number of para-hydroxylation sites is 1. The molecule has 0 atom stereocenters. The van der Waals surface area contributed by atoms with E-state index in [1.165, 1.54) is 16.4 Å². The van der Waals surface area contributed by atoms with Gasteiger partial charge in [-0.25, -0.2) is 13.8 Å². The predicted octanol–water partition coefficient (Wildman–Crippen LogP) is 1.87. The molecule has 172 valence electrons. The average Bonchev–Trinajstić information content (AvgIpc) is 3.42. The number of halogens is 2. The van der Waals surface area contributed by atoms with Crippen molar-refractivity contribution in [1.29, 1.82) is 0 Å². The number of aromatic nitrogens is 8. The van der Waals surface area contributed by atoms with E-state index in [2.05, 4.69) is 35.6 Å². The first kappa shape index (κ1) is 20.9. The van der Waals surface area contributed by atoms with Crippen LogP contribution < -0.4 is 15.0 Å². The van der Waals surface area contributed by atoms with Gasteiger partial charge in [0.2, 0.25) is 17.8 Å². The SMILES string of the molecule is COc1cccc2c1nc(C(F)F)n2-c1nc(Nc2cn(C)nn2)nc(N2CCOCC2)n1. The molecule has 12 nitrogen and oxygen atoms in total. The van der Waals surface area contributed by atoms with E-state index < -0.39 is 12.2 Å². The highest BCUT2D eigenvalue weighted by atomic mass is 19.3. The molecule has 1 N–H and O–H groups in total. The van der Waals surface area contributed by atoms with Crippen molar-refractivity contribution in [2.45, 2.75) is 6.43 Å². The Bertz CT molecular complexity index is 1290. The van der Waals surface area contributed by atoms with Gasteiger partial charge >= 0.3 is 0 Å². The van der Waals surface area contributed by atoms with Gasteiger partial charge in [0.1, 0.15) is 11.3 Å². The van der Waals surface area contributed by atoms with Gasteiger partial charge in [0.25, 0.3) is 6.43 Å². The largest absolute Gasteiger partial charge is 0.494 e. The van der Waals surface area contributed by atoms with Crippen LogP contribution in [0.15, 0.2) is 24.4 Å². The van der Waals surface area contributed by atoms with Crippen molar-refractivity contribution in [2.24, 2.45) is 7.05 Å². The minimum absolute atomic E-state index is 0.0102. The van der Waals surface area contributed by atoms with Crippen molar-refractivity contribution >= 4 is 28.7 Å². The molecule has 1 fully saturated rings. The molecule has 0 spiro atoms. The molecule has 0 bridgehead atoms. The molecule has 1 saturated heterocycles. The Morgan fingerprint density at radius 3 is 2.58 bits per heavy atom. The molecule has 4 heterocycles. The predicted molar refractivity (Wildman–Crippen MR) is 113 cm³/mol. The number of nitrogens with one attached hydrogen (secondary N) is 1. The molecule has 0 saturated carbocycles. The van der Waals surface area contributed by atoms with Gasteiger partial charge in [-0.1, -0.05) is 11.3 Å². The van der Waals surface area contributed by atoms with Crippen molar-refractivity contribution < 1.29 is 18.3 Å². The molecule has 0 amide bonds. The lowest BCUT2D eigenvalue weighted by Gasteiger charge is -2.27. The Kier molecular flexibility index (Phi) is 5.42. The molecule has 14 heteroatoms. The highest BCUT2D eigenvalue weighted by Crippen LogP contribution is 2.32. The Morgan fingerprint density at radius 2 is 1.88 bits per heavy atom. The van der Waals surface area contributed by atoms with Gasteiger partial charge in [0.05, 0.1) is 32.0 Å². The number of nitrogens with zero attached hydrogens (tertiary/aromatic N) is 9. The van der Waals surface area contributed by atoms with Crippen LogP contribution in [0, 0.1) is 0 Å². The van der Waals surface area contributed by atoms with Crippen LogP contribution in [0.4, 0.5) is 26.5 Å². The molecule has 0 unspecified atom stereocenters.